The minimum absolute atomic E-state index is 0.0630. The van der Waals surface area contributed by atoms with Gasteiger partial charge in [0.25, 0.3) is 0 Å². The number of hydrogen-bond acceptors (Lipinski definition) is 4. The SMILES string of the molecule is OCC[C@@H]1C[C@H](O)[C@H](O)CO1. The highest BCUT2D eigenvalue weighted by atomic mass is 16.5. The van der Waals surface area contributed by atoms with Crippen LogP contribution < -0.4 is 0 Å². The van der Waals surface area contributed by atoms with Crippen LogP contribution in [0, 0.1) is 0 Å². The summed E-state index contributed by atoms with van der Waals surface area (Å²) in [5.74, 6) is 0. The van der Waals surface area contributed by atoms with Gasteiger partial charge in [0.2, 0.25) is 0 Å². The van der Waals surface area contributed by atoms with E-state index in [1.54, 1.807) is 0 Å². The van der Waals surface area contributed by atoms with E-state index in [1.807, 2.05) is 0 Å². The van der Waals surface area contributed by atoms with Crippen molar-refractivity contribution >= 4 is 0 Å². The average Bonchev–Trinajstić information content (AvgIpc) is 1.98. The fourth-order valence-electron chi connectivity index (χ4n) is 1.19. The second-order valence-electron chi connectivity index (χ2n) is 2.84. The lowest BCUT2D eigenvalue weighted by atomic mass is 10.0. The summed E-state index contributed by atoms with van der Waals surface area (Å²) >= 11 is 0. The zero-order valence-corrected chi connectivity index (χ0v) is 6.31. The topological polar surface area (TPSA) is 69.9 Å². The van der Waals surface area contributed by atoms with Gasteiger partial charge in [-0.2, -0.15) is 0 Å². The molecule has 4 heteroatoms. The van der Waals surface area contributed by atoms with Gasteiger partial charge in [0.1, 0.15) is 6.10 Å². The molecule has 0 bridgehead atoms. The molecule has 1 heterocycles. The molecule has 0 saturated carbocycles. The van der Waals surface area contributed by atoms with E-state index in [1.165, 1.54) is 0 Å². The Balaban J connectivity index is 2.28. The van der Waals surface area contributed by atoms with E-state index in [2.05, 4.69) is 0 Å². The van der Waals surface area contributed by atoms with Crippen LogP contribution in [-0.4, -0.2) is 46.8 Å². The quantitative estimate of drug-likeness (QED) is 0.481. The van der Waals surface area contributed by atoms with E-state index in [0.29, 0.717) is 12.8 Å². The van der Waals surface area contributed by atoms with Crippen molar-refractivity contribution in [3.8, 4) is 0 Å². The van der Waals surface area contributed by atoms with E-state index in [4.69, 9.17) is 20.1 Å². The monoisotopic (exact) mass is 162 g/mol. The summed E-state index contributed by atoms with van der Waals surface area (Å²) in [5, 5.41) is 26.7. The zero-order chi connectivity index (χ0) is 8.27. The summed E-state index contributed by atoms with van der Waals surface area (Å²) in [6, 6.07) is 0. The van der Waals surface area contributed by atoms with Crippen LogP contribution in [0.15, 0.2) is 0 Å². The molecule has 66 valence electrons. The Morgan fingerprint density at radius 2 is 2.00 bits per heavy atom. The third-order valence-electron chi connectivity index (χ3n) is 1.90. The Labute approximate surface area is 65.4 Å². The minimum atomic E-state index is -0.759. The Morgan fingerprint density at radius 3 is 2.55 bits per heavy atom. The molecule has 3 atom stereocenters. The van der Waals surface area contributed by atoms with E-state index in [9.17, 15) is 0 Å². The van der Waals surface area contributed by atoms with Crippen molar-refractivity contribution in [1.82, 2.24) is 0 Å². The molecule has 0 spiro atoms. The number of aliphatic hydroxyl groups excluding tert-OH is 3. The first-order valence-electron chi connectivity index (χ1n) is 3.82. The third-order valence-corrected chi connectivity index (χ3v) is 1.90. The molecule has 0 aromatic heterocycles. The normalized spacial score (nSPS) is 39.0. The van der Waals surface area contributed by atoms with Crippen molar-refractivity contribution in [2.24, 2.45) is 0 Å². The third kappa shape index (κ3) is 2.41. The molecule has 0 aliphatic carbocycles. The number of aliphatic hydroxyl groups is 3. The number of ether oxygens (including phenoxy) is 1. The van der Waals surface area contributed by atoms with Crippen LogP contribution in [0.1, 0.15) is 12.8 Å². The molecule has 0 aromatic carbocycles. The highest BCUT2D eigenvalue weighted by molar-refractivity contribution is 4.77. The summed E-state index contributed by atoms with van der Waals surface area (Å²) in [7, 11) is 0. The van der Waals surface area contributed by atoms with Gasteiger partial charge in [-0.1, -0.05) is 0 Å². The van der Waals surface area contributed by atoms with Crippen LogP contribution in [0.3, 0.4) is 0 Å². The number of rotatable bonds is 2. The smallest absolute Gasteiger partial charge is 0.103 e. The van der Waals surface area contributed by atoms with Crippen molar-refractivity contribution < 1.29 is 20.1 Å². The van der Waals surface area contributed by atoms with Crippen LogP contribution in [-0.2, 0) is 4.74 Å². The van der Waals surface area contributed by atoms with E-state index < -0.39 is 12.2 Å². The highest BCUT2D eigenvalue weighted by Gasteiger charge is 2.27. The van der Waals surface area contributed by atoms with Gasteiger partial charge in [0.05, 0.1) is 18.8 Å². The molecule has 1 aliphatic rings. The summed E-state index contributed by atoms with van der Waals surface area (Å²) < 4.78 is 5.13. The van der Waals surface area contributed by atoms with Gasteiger partial charge >= 0.3 is 0 Å². The van der Waals surface area contributed by atoms with Crippen molar-refractivity contribution in [2.75, 3.05) is 13.2 Å². The lowest BCUT2D eigenvalue weighted by molar-refractivity contribution is -0.124. The van der Waals surface area contributed by atoms with Crippen molar-refractivity contribution in [3.05, 3.63) is 0 Å². The second kappa shape index (κ2) is 4.01. The Kier molecular flexibility index (Phi) is 3.26. The second-order valence-corrected chi connectivity index (χ2v) is 2.84. The van der Waals surface area contributed by atoms with Gasteiger partial charge in [-0.25, -0.2) is 0 Å². The Hall–Kier alpha value is -0.160. The molecule has 0 unspecified atom stereocenters. The van der Waals surface area contributed by atoms with Crippen molar-refractivity contribution in [2.45, 2.75) is 31.2 Å². The molecule has 1 aliphatic heterocycles. The first-order valence-corrected chi connectivity index (χ1v) is 3.82. The molecule has 1 fully saturated rings. The molecule has 3 N–H and O–H groups in total. The van der Waals surface area contributed by atoms with Gasteiger partial charge in [0.15, 0.2) is 0 Å². The fraction of sp³-hybridized carbons (Fsp3) is 1.00. The van der Waals surface area contributed by atoms with Gasteiger partial charge in [-0.3, -0.25) is 0 Å². The lowest BCUT2D eigenvalue weighted by Gasteiger charge is -2.29. The predicted molar refractivity (Wildman–Crippen MR) is 38.1 cm³/mol. The van der Waals surface area contributed by atoms with Crippen LogP contribution in [0.4, 0.5) is 0 Å². The summed E-state index contributed by atoms with van der Waals surface area (Å²) in [6.45, 7) is 0.235. The maximum atomic E-state index is 9.16. The standard InChI is InChI=1S/C7H14O4/c8-2-1-5-3-6(9)7(10)4-11-5/h5-10H,1-4H2/t5-,6+,7-/m1/s1. The van der Waals surface area contributed by atoms with Crippen LogP contribution in [0.25, 0.3) is 0 Å². The fourth-order valence-corrected chi connectivity index (χ4v) is 1.19. The largest absolute Gasteiger partial charge is 0.396 e. The first kappa shape index (κ1) is 8.93. The number of hydrogen-bond donors (Lipinski definition) is 3. The first-order chi connectivity index (χ1) is 5.24. The Morgan fingerprint density at radius 1 is 1.27 bits per heavy atom. The maximum Gasteiger partial charge on any atom is 0.103 e. The van der Waals surface area contributed by atoms with E-state index in [0.717, 1.165) is 0 Å². The molecule has 0 amide bonds. The van der Waals surface area contributed by atoms with E-state index in [-0.39, 0.29) is 19.3 Å². The molecular weight excluding hydrogens is 148 g/mol. The van der Waals surface area contributed by atoms with Gasteiger partial charge in [-0.15, -0.1) is 0 Å². The van der Waals surface area contributed by atoms with Crippen molar-refractivity contribution in [1.29, 1.82) is 0 Å². The minimum Gasteiger partial charge on any atom is -0.396 e. The van der Waals surface area contributed by atoms with Crippen LogP contribution in [0.2, 0.25) is 0 Å². The maximum absolute atomic E-state index is 9.16. The molecule has 0 aromatic rings. The van der Waals surface area contributed by atoms with Gasteiger partial charge in [0, 0.05) is 13.0 Å². The van der Waals surface area contributed by atoms with Gasteiger partial charge < -0.3 is 20.1 Å². The average molecular weight is 162 g/mol. The molecule has 1 saturated heterocycles. The summed E-state index contributed by atoms with van der Waals surface area (Å²) in [6.07, 6.45) is -0.602. The molecule has 4 nitrogen and oxygen atoms in total. The highest BCUT2D eigenvalue weighted by Crippen LogP contribution is 2.16. The van der Waals surface area contributed by atoms with Gasteiger partial charge in [-0.05, 0) is 6.42 Å². The molecule has 1 rings (SSSR count). The lowest BCUT2D eigenvalue weighted by Crippen LogP contribution is -2.41. The molecule has 11 heavy (non-hydrogen) atoms. The van der Waals surface area contributed by atoms with Crippen LogP contribution in [0.5, 0.6) is 0 Å². The summed E-state index contributed by atoms with van der Waals surface area (Å²) in [5.41, 5.74) is 0. The zero-order valence-electron chi connectivity index (χ0n) is 6.31. The predicted octanol–water partition coefficient (Wildman–Crippen LogP) is -1.12. The van der Waals surface area contributed by atoms with Crippen molar-refractivity contribution in [3.63, 3.8) is 0 Å². The van der Waals surface area contributed by atoms with Crippen LogP contribution >= 0.6 is 0 Å². The molecule has 0 radical (unpaired) electrons. The summed E-state index contributed by atoms with van der Waals surface area (Å²) in [4.78, 5) is 0. The molecular formula is C7H14O4. The Bertz CT molecular complexity index is 117. The van der Waals surface area contributed by atoms with E-state index >= 15 is 0 Å².